The highest BCUT2D eigenvalue weighted by molar-refractivity contribution is 5.94. The van der Waals surface area contributed by atoms with Gasteiger partial charge in [0.2, 0.25) is 0 Å². The number of fused-ring (bicyclic) bond motifs is 2. The second-order valence-electron chi connectivity index (χ2n) is 3.75. The minimum absolute atomic E-state index is 0.310. The summed E-state index contributed by atoms with van der Waals surface area (Å²) in [6, 6.07) is 7.22. The van der Waals surface area contributed by atoms with Crippen molar-refractivity contribution in [2.24, 2.45) is 0 Å². The number of benzene rings is 1. The summed E-state index contributed by atoms with van der Waals surface area (Å²) in [5.74, 6) is 0. The molecule has 0 saturated carbocycles. The molecule has 0 aliphatic rings. The first kappa shape index (κ1) is 9.21. The zero-order valence-corrected chi connectivity index (χ0v) is 8.82. The summed E-state index contributed by atoms with van der Waals surface area (Å²) in [7, 11) is 0. The lowest BCUT2D eigenvalue weighted by atomic mass is 10.1. The van der Waals surface area contributed by atoms with Gasteiger partial charge in [0, 0.05) is 22.9 Å². The van der Waals surface area contributed by atoms with E-state index in [4.69, 9.17) is 8.83 Å². The number of aryl methyl sites for hydroxylation is 1. The fourth-order valence-corrected chi connectivity index (χ4v) is 1.98. The molecule has 3 aromatic rings. The molecule has 0 bridgehead atoms. The summed E-state index contributed by atoms with van der Waals surface area (Å²) in [5, 5.41) is 2.01. The predicted octanol–water partition coefficient (Wildman–Crippen LogP) is 3.10. The summed E-state index contributed by atoms with van der Waals surface area (Å²) >= 11 is 0. The molecule has 2 aromatic heterocycles. The molecular formula is C13H10O3. The smallest absolute Gasteiger partial charge is 0.336 e. The van der Waals surface area contributed by atoms with Crippen molar-refractivity contribution < 1.29 is 8.83 Å². The average Bonchev–Trinajstić information content (AvgIpc) is 2.72. The minimum Gasteiger partial charge on any atom is -0.464 e. The number of hydrogen-bond donors (Lipinski definition) is 0. The third-order valence-corrected chi connectivity index (χ3v) is 2.78. The molecule has 0 unspecified atom stereocenters. The van der Waals surface area contributed by atoms with Crippen molar-refractivity contribution >= 4 is 21.9 Å². The summed E-state index contributed by atoms with van der Waals surface area (Å²) < 4.78 is 10.4. The fourth-order valence-electron chi connectivity index (χ4n) is 1.98. The molecule has 3 rings (SSSR count). The minimum atomic E-state index is -0.310. The van der Waals surface area contributed by atoms with Gasteiger partial charge in [0.05, 0.1) is 6.26 Å². The quantitative estimate of drug-likeness (QED) is 0.584. The van der Waals surface area contributed by atoms with E-state index in [0.717, 1.165) is 28.3 Å². The molecule has 0 fully saturated rings. The van der Waals surface area contributed by atoms with Crippen molar-refractivity contribution in [3.8, 4) is 0 Å². The van der Waals surface area contributed by atoms with Crippen LogP contribution in [0.1, 0.15) is 12.5 Å². The van der Waals surface area contributed by atoms with Crippen LogP contribution in [0.5, 0.6) is 0 Å². The van der Waals surface area contributed by atoms with Crippen molar-refractivity contribution in [3.05, 3.63) is 46.5 Å². The van der Waals surface area contributed by atoms with Gasteiger partial charge in [0.25, 0.3) is 0 Å². The van der Waals surface area contributed by atoms with Gasteiger partial charge in [0.15, 0.2) is 0 Å². The molecular weight excluding hydrogens is 204 g/mol. The maximum absolute atomic E-state index is 11.3. The first-order valence-corrected chi connectivity index (χ1v) is 5.22. The van der Waals surface area contributed by atoms with Gasteiger partial charge in [-0.3, -0.25) is 0 Å². The molecule has 0 saturated heterocycles. The SMILES string of the molecule is CCc1cc(=O)oc2cc3occc3cc12. The highest BCUT2D eigenvalue weighted by Gasteiger charge is 2.07. The number of furan rings is 1. The third kappa shape index (κ3) is 1.25. The maximum atomic E-state index is 11.3. The number of rotatable bonds is 1. The van der Waals surface area contributed by atoms with Gasteiger partial charge in [-0.1, -0.05) is 6.92 Å². The van der Waals surface area contributed by atoms with Crippen LogP contribution in [0.15, 0.2) is 44.2 Å². The number of hydrogen-bond acceptors (Lipinski definition) is 3. The second-order valence-corrected chi connectivity index (χ2v) is 3.75. The summed E-state index contributed by atoms with van der Waals surface area (Å²) in [6.07, 6.45) is 2.44. The van der Waals surface area contributed by atoms with E-state index in [1.165, 1.54) is 0 Å². The van der Waals surface area contributed by atoms with Gasteiger partial charge in [-0.2, -0.15) is 0 Å². The fraction of sp³-hybridized carbons (Fsp3) is 0.154. The molecule has 1 aromatic carbocycles. The van der Waals surface area contributed by atoms with Crippen molar-refractivity contribution in [2.75, 3.05) is 0 Å². The van der Waals surface area contributed by atoms with E-state index in [9.17, 15) is 4.79 Å². The Kier molecular flexibility index (Phi) is 1.86. The van der Waals surface area contributed by atoms with E-state index in [0.29, 0.717) is 5.58 Å². The van der Waals surface area contributed by atoms with Gasteiger partial charge in [-0.05, 0) is 24.1 Å². The van der Waals surface area contributed by atoms with E-state index in [1.54, 1.807) is 18.4 Å². The summed E-state index contributed by atoms with van der Waals surface area (Å²) in [6.45, 7) is 2.02. The summed E-state index contributed by atoms with van der Waals surface area (Å²) in [5.41, 5.74) is 2.03. The Morgan fingerprint density at radius 1 is 1.19 bits per heavy atom. The first-order valence-electron chi connectivity index (χ1n) is 5.22. The standard InChI is InChI=1S/C13H10O3/c1-2-8-6-13(14)16-12-7-11-9(3-4-15-11)5-10(8)12/h3-7H,2H2,1H3. The molecule has 80 valence electrons. The highest BCUT2D eigenvalue weighted by Crippen LogP contribution is 2.25. The molecule has 0 radical (unpaired) electrons. The lowest BCUT2D eigenvalue weighted by Gasteiger charge is -2.02. The summed E-state index contributed by atoms with van der Waals surface area (Å²) in [4.78, 5) is 11.3. The average molecular weight is 214 g/mol. The molecule has 0 aliphatic heterocycles. The predicted molar refractivity (Wildman–Crippen MR) is 61.6 cm³/mol. The lowest BCUT2D eigenvalue weighted by molar-refractivity contribution is 0.557. The Labute approximate surface area is 91.3 Å². The van der Waals surface area contributed by atoms with Crippen LogP contribution in [0.25, 0.3) is 21.9 Å². The van der Waals surface area contributed by atoms with Crippen LogP contribution < -0.4 is 5.63 Å². The third-order valence-electron chi connectivity index (χ3n) is 2.78. The monoisotopic (exact) mass is 214 g/mol. The normalized spacial score (nSPS) is 11.3. The van der Waals surface area contributed by atoms with Crippen molar-refractivity contribution in [1.29, 1.82) is 0 Å². The Balaban J connectivity index is 2.53. The zero-order valence-electron chi connectivity index (χ0n) is 8.82. The molecule has 2 heterocycles. The molecule has 0 N–H and O–H groups in total. The Morgan fingerprint density at radius 3 is 2.88 bits per heavy atom. The van der Waals surface area contributed by atoms with E-state index in [2.05, 4.69) is 0 Å². The molecule has 16 heavy (non-hydrogen) atoms. The van der Waals surface area contributed by atoms with E-state index < -0.39 is 0 Å². The van der Waals surface area contributed by atoms with Gasteiger partial charge in [-0.15, -0.1) is 0 Å². The molecule has 0 amide bonds. The van der Waals surface area contributed by atoms with Crippen LogP contribution in [0.4, 0.5) is 0 Å². The van der Waals surface area contributed by atoms with Crippen molar-refractivity contribution in [2.45, 2.75) is 13.3 Å². The van der Waals surface area contributed by atoms with Crippen LogP contribution in [0, 0.1) is 0 Å². The van der Waals surface area contributed by atoms with E-state index >= 15 is 0 Å². The van der Waals surface area contributed by atoms with E-state index in [-0.39, 0.29) is 5.63 Å². The van der Waals surface area contributed by atoms with Crippen LogP contribution in [-0.2, 0) is 6.42 Å². The Morgan fingerprint density at radius 2 is 2.06 bits per heavy atom. The van der Waals surface area contributed by atoms with Gasteiger partial charge < -0.3 is 8.83 Å². The molecule has 0 aliphatic carbocycles. The second kappa shape index (κ2) is 3.23. The van der Waals surface area contributed by atoms with Crippen LogP contribution in [-0.4, -0.2) is 0 Å². The van der Waals surface area contributed by atoms with Gasteiger partial charge in [-0.25, -0.2) is 4.79 Å². The van der Waals surface area contributed by atoms with Gasteiger partial charge in [0.1, 0.15) is 11.2 Å². The molecule has 0 spiro atoms. The molecule has 3 nitrogen and oxygen atoms in total. The van der Waals surface area contributed by atoms with Crippen LogP contribution in [0.2, 0.25) is 0 Å². The molecule has 3 heteroatoms. The Hall–Kier alpha value is -2.03. The van der Waals surface area contributed by atoms with Crippen molar-refractivity contribution in [1.82, 2.24) is 0 Å². The van der Waals surface area contributed by atoms with Crippen molar-refractivity contribution in [3.63, 3.8) is 0 Å². The molecule has 0 atom stereocenters. The topological polar surface area (TPSA) is 43.4 Å². The van der Waals surface area contributed by atoms with Crippen LogP contribution in [0.3, 0.4) is 0 Å². The maximum Gasteiger partial charge on any atom is 0.336 e. The van der Waals surface area contributed by atoms with Crippen LogP contribution >= 0.6 is 0 Å². The lowest BCUT2D eigenvalue weighted by Crippen LogP contribution is -1.99. The largest absolute Gasteiger partial charge is 0.464 e. The first-order chi connectivity index (χ1) is 7.78. The Bertz CT molecular complexity index is 719. The van der Waals surface area contributed by atoms with E-state index in [1.807, 2.05) is 19.1 Å². The zero-order chi connectivity index (χ0) is 11.1. The highest BCUT2D eigenvalue weighted by atomic mass is 16.4. The van der Waals surface area contributed by atoms with Gasteiger partial charge >= 0.3 is 5.63 Å².